The zero-order valence-electron chi connectivity index (χ0n) is 39.6. The normalized spacial score (nSPS) is 12.3. The maximum atomic E-state index is 13.0. The van der Waals surface area contributed by atoms with Crippen LogP contribution in [-0.2, 0) is 23.9 Å². The molecule has 0 aliphatic rings. The molecule has 0 aromatic carbocycles. The van der Waals surface area contributed by atoms with Gasteiger partial charge in [-0.1, -0.05) is 141 Å². The van der Waals surface area contributed by atoms with E-state index in [1.165, 1.54) is 116 Å². The highest BCUT2D eigenvalue weighted by atomic mass is 127. The predicted molar refractivity (Wildman–Crippen MR) is 242 cm³/mol. The van der Waals surface area contributed by atoms with Crippen LogP contribution in [0.25, 0.3) is 0 Å². The highest BCUT2D eigenvalue weighted by Gasteiger charge is 2.23. The fourth-order valence-corrected chi connectivity index (χ4v) is 7.04. The lowest BCUT2D eigenvalue weighted by molar-refractivity contribution is -0.896. The molecular formula is C49H95I2N3O5. The molecule has 8 nitrogen and oxygen atoms in total. The molecular weight excluding hydrogens is 964 g/mol. The molecule has 0 saturated heterocycles. The SMILES string of the molecule is CCCCCCCC/C=C/CCCCCCCC(=O)OC[C@H](CNC(=O)C[N+](C)(C)CCC[N+](C)(C)C)OC(=O)CCCCCCC/C=C/CCCCCCCC.[I-].[I-]. The standard InChI is InChI=1S/C49H94N3O5.2HI/c1-8-10-12-14-16-18-20-22-24-26-28-30-32-34-36-39-48(54)56-45-46(43-50-47(53)44-52(6,7)42-38-41-51(3,4)5)57-49(55)40-37-35-33-31-29-27-25-23-21-19-17-15-13-11-9-2;;/h22-25,46H,8-21,26-45H2,1-7H3;2*1H/q+1;;/p-1/b24-22+,25-23+;;/t46-;;/m0../s1. The zero-order chi connectivity index (χ0) is 42.3. The Balaban J connectivity index is -0.0000157. The van der Waals surface area contributed by atoms with Gasteiger partial charge in [0.05, 0.1) is 54.9 Å². The number of carbonyl (C=O) groups excluding carboxylic acids is 3. The summed E-state index contributed by atoms with van der Waals surface area (Å²) in [7, 11) is 10.7. The number of amides is 1. The van der Waals surface area contributed by atoms with E-state index in [1.54, 1.807) is 0 Å². The van der Waals surface area contributed by atoms with Crippen LogP contribution < -0.4 is 53.3 Å². The lowest BCUT2D eigenvalue weighted by atomic mass is 10.1. The van der Waals surface area contributed by atoms with Crippen molar-refractivity contribution in [1.82, 2.24) is 5.32 Å². The van der Waals surface area contributed by atoms with E-state index in [4.69, 9.17) is 9.47 Å². The second-order valence-electron chi connectivity index (χ2n) is 18.5. The Hall–Kier alpha value is -0.730. The molecule has 0 radical (unpaired) electrons. The number of esters is 2. The predicted octanol–water partition coefficient (Wildman–Crippen LogP) is 5.81. The minimum atomic E-state index is -0.698. The van der Waals surface area contributed by atoms with E-state index in [0.717, 1.165) is 75.4 Å². The number of unbranched alkanes of at least 4 members (excludes halogenated alkanes) is 22. The Bertz CT molecular complexity index is 1030. The van der Waals surface area contributed by atoms with E-state index in [9.17, 15) is 14.4 Å². The molecule has 0 unspecified atom stereocenters. The van der Waals surface area contributed by atoms with Crippen molar-refractivity contribution in [3.05, 3.63) is 24.3 Å². The summed E-state index contributed by atoms with van der Waals surface area (Å²) in [6.07, 6.45) is 41.7. The molecule has 0 rings (SSSR count). The number of carbonyl (C=O) groups is 3. The number of hydrogen-bond acceptors (Lipinski definition) is 5. The third-order valence-corrected chi connectivity index (χ3v) is 10.7. The van der Waals surface area contributed by atoms with E-state index < -0.39 is 6.10 Å². The van der Waals surface area contributed by atoms with Gasteiger partial charge in [0, 0.05) is 19.3 Å². The smallest absolute Gasteiger partial charge is 0.306 e. The van der Waals surface area contributed by atoms with Crippen LogP contribution in [0.15, 0.2) is 24.3 Å². The largest absolute Gasteiger partial charge is 1.00 e. The lowest BCUT2D eigenvalue weighted by Gasteiger charge is -2.31. The third-order valence-electron chi connectivity index (χ3n) is 10.7. The molecule has 0 aromatic rings. The van der Waals surface area contributed by atoms with E-state index >= 15 is 0 Å². The number of nitrogens with zero attached hydrogens (tertiary/aromatic N) is 2. The van der Waals surface area contributed by atoms with Crippen molar-refractivity contribution in [2.24, 2.45) is 0 Å². The monoisotopic (exact) mass is 1060 g/mol. The molecule has 0 spiro atoms. The maximum Gasteiger partial charge on any atom is 0.306 e. The van der Waals surface area contributed by atoms with Crippen molar-refractivity contribution in [2.75, 3.05) is 68.0 Å². The summed E-state index contributed by atoms with van der Waals surface area (Å²) in [5, 5.41) is 2.96. The van der Waals surface area contributed by atoms with Crippen LogP contribution in [0.1, 0.15) is 200 Å². The number of quaternary nitrogens is 2. The van der Waals surface area contributed by atoms with Crippen molar-refractivity contribution in [2.45, 2.75) is 206 Å². The van der Waals surface area contributed by atoms with Gasteiger partial charge < -0.3 is 71.7 Å². The fourth-order valence-electron chi connectivity index (χ4n) is 7.04. The van der Waals surface area contributed by atoms with Crippen LogP contribution in [0.5, 0.6) is 0 Å². The number of nitrogens with one attached hydrogen (secondary N) is 1. The van der Waals surface area contributed by atoms with Crippen LogP contribution in [0.2, 0.25) is 0 Å². The summed E-state index contributed by atoms with van der Waals surface area (Å²) in [6, 6.07) is 0. The molecule has 0 aromatic heterocycles. The zero-order valence-corrected chi connectivity index (χ0v) is 43.9. The van der Waals surface area contributed by atoms with Gasteiger partial charge in [0.25, 0.3) is 5.91 Å². The van der Waals surface area contributed by atoms with Crippen LogP contribution in [-0.4, -0.2) is 101 Å². The highest BCUT2D eigenvalue weighted by Crippen LogP contribution is 2.13. The maximum absolute atomic E-state index is 13.0. The highest BCUT2D eigenvalue weighted by molar-refractivity contribution is 5.77. The molecule has 0 saturated carbocycles. The Labute approximate surface area is 399 Å². The van der Waals surface area contributed by atoms with E-state index in [2.05, 4.69) is 78.7 Å². The number of ether oxygens (including phenoxy) is 2. The molecule has 350 valence electrons. The third kappa shape index (κ3) is 48.2. The molecule has 0 fully saturated rings. The number of likely N-dealkylation sites (N-methyl/N-ethyl adjacent to an activating group) is 1. The van der Waals surface area contributed by atoms with E-state index in [1.807, 2.05) is 0 Å². The Kier molecular flexibility index (Phi) is 46.6. The number of allylic oxidation sites excluding steroid dienone is 4. The first-order valence-corrected chi connectivity index (χ1v) is 23.9. The summed E-state index contributed by atoms with van der Waals surface area (Å²) >= 11 is 0. The van der Waals surface area contributed by atoms with Gasteiger partial charge in [-0.05, 0) is 64.2 Å². The minimum Gasteiger partial charge on any atom is -1.00 e. The Morgan fingerprint density at radius 1 is 0.508 bits per heavy atom. The summed E-state index contributed by atoms with van der Waals surface area (Å²) < 4.78 is 12.8. The second kappa shape index (κ2) is 43.9. The lowest BCUT2D eigenvalue weighted by Crippen LogP contribution is -3.00. The first kappa shape index (κ1) is 62.6. The van der Waals surface area contributed by atoms with E-state index in [0.29, 0.717) is 23.9 Å². The van der Waals surface area contributed by atoms with Crippen molar-refractivity contribution < 1.29 is 80.8 Å². The molecule has 59 heavy (non-hydrogen) atoms. The Morgan fingerprint density at radius 3 is 1.32 bits per heavy atom. The van der Waals surface area contributed by atoms with Gasteiger partial charge in [-0.25, -0.2) is 0 Å². The van der Waals surface area contributed by atoms with Crippen LogP contribution in [0.4, 0.5) is 0 Å². The van der Waals surface area contributed by atoms with Gasteiger partial charge in [-0.3, -0.25) is 14.4 Å². The van der Waals surface area contributed by atoms with Gasteiger partial charge >= 0.3 is 11.9 Å². The van der Waals surface area contributed by atoms with Crippen LogP contribution in [0, 0.1) is 0 Å². The summed E-state index contributed by atoms with van der Waals surface area (Å²) in [6.45, 7) is 6.89. The molecule has 1 N–H and O–H groups in total. The van der Waals surface area contributed by atoms with Crippen LogP contribution >= 0.6 is 0 Å². The molecule has 0 heterocycles. The second-order valence-corrected chi connectivity index (χ2v) is 18.5. The van der Waals surface area contributed by atoms with Crippen molar-refractivity contribution in [1.29, 1.82) is 0 Å². The van der Waals surface area contributed by atoms with Gasteiger partial charge in [-0.15, -0.1) is 0 Å². The number of rotatable bonds is 41. The molecule has 0 aliphatic heterocycles. The molecule has 0 aliphatic carbocycles. The Morgan fingerprint density at radius 2 is 0.898 bits per heavy atom. The van der Waals surface area contributed by atoms with Gasteiger partial charge in [0.15, 0.2) is 12.6 Å². The first-order valence-electron chi connectivity index (χ1n) is 23.9. The summed E-state index contributed by atoms with van der Waals surface area (Å²) in [5.41, 5.74) is 0. The summed E-state index contributed by atoms with van der Waals surface area (Å²) in [5.74, 6) is -0.660. The fraction of sp³-hybridized carbons (Fsp3) is 0.857. The quantitative estimate of drug-likeness (QED) is 0.0275. The number of hydrogen-bond donors (Lipinski definition) is 1. The van der Waals surface area contributed by atoms with Crippen molar-refractivity contribution in [3.63, 3.8) is 0 Å². The van der Waals surface area contributed by atoms with Gasteiger partial charge in [0.1, 0.15) is 6.61 Å². The summed E-state index contributed by atoms with van der Waals surface area (Å²) in [4.78, 5) is 38.4. The molecule has 1 atom stereocenters. The molecule has 1 amide bonds. The average molecular weight is 1060 g/mol. The van der Waals surface area contributed by atoms with E-state index in [-0.39, 0.29) is 79.0 Å². The first-order chi connectivity index (χ1) is 27.4. The molecule has 0 bridgehead atoms. The van der Waals surface area contributed by atoms with Crippen molar-refractivity contribution >= 4 is 17.8 Å². The number of halogens is 2. The average Bonchev–Trinajstić information content (AvgIpc) is 3.15. The minimum absolute atomic E-state index is 0. The van der Waals surface area contributed by atoms with Gasteiger partial charge in [0.2, 0.25) is 0 Å². The van der Waals surface area contributed by atoms with Crippen LogP contribution in [0.3, 0.4) is 0 Å². The molecule has 10 heteroatoms. The topological polar surface area (TPSA) is 81.7 Å². The van der Waals surface area contributed by atoms with Crippen molar-refractivity contribution in [3.8, 4) is 0 Å². The van der Waals surface area contributed by atoms with Gasteiger partial charge in [-0.2, -0.15) is 0 Å².